The molecule has 1 aromatic rings. The molecule has 0 aromatic heterocycles. The summed E-state index contributed by atoms with van der Waals surface area (Å²) in [6.45, 7) is 2.31. The van der Waals surface area contributed by atoms with Gasteiger partial charge in [-0.3, -0.25) is 4.79 Å². The lowest BCUT2D eigenvalue weighted by molar-refractivity contribution is -0.142. The summed E-state index contributed by atoms with van der Waals surface area (Å²) < 4.78 is 12.9. The molecular weight excluding hydrogens is 287 g/mol. The van der Waals surface area contributed by atoms with E-state index >= 15 is 0 Å². The molecule has 2 rings (SSSR count). The lowest BCUT2D eigenvalue weighted by atomic mass is 9.99. The van der Waals surface area contributed by atoms with Gasteiger partial charge in [-0.1, -0.05) is 18.5 Å². The maximum atomic E-state index is 12.9. The van der Waals surface area contributed by atoms with Crippen molar-refractivity contribution in [1.82, 2.24) is 4.90 Å². The molecular formula is C13H14ClFN2O3. The number of hydrogen-bond acceptors (Lipinski definition) is 2. The highest BCUT2D eigenvalue weighted by atomic mass is 35.5. The average Bonchev–Trinajstić information content (AvgIpc) is 2.75. The fourth-order valence-electron chi connectivity index (χ4n) is 2.24. The largest absolute Gasteiger partial charge is 0.481 e. The van der Waals surface area contributed by atoms with Gasteiger partial charge in [-0.2, -0.15) is 0 Å². The smallest absolute Gasteiger partial charge is 0.321 e. The number of hydrogen-bond donors (Lipinski definition) is 2. The van der Waals surface area contributed by atoms with Crippen LogP contribution in [0.5, 0.6) is 0 Å². The van der Waals surface area contributed by atoms with Crippen molar-refractivity contribution in [2.75, 3.05) is 18.4 Å². The third-order valence-corrected chi connectivity index (χ3v) is 3.70. The molecule has 2 unspecified atom stereocenters. The molecule has 1 aliphatic rings. The van der Waals surface area contributed by atoms with Crippen LogP contribution < -0.4 is 5.32 Å². The topological polar surface area (TPSA) is 69.6 Å². The number of anilines is 1. The first kappa shape index (κ1) is 14.6. The molecule has 5 nitrogen and oxygen atoms in total. The second-order valence-corrected chi connectivity index (χ2v) is 5.29. The van der Waals surface area contributed by atoms with Crippen molar-refractivity contribution in [3.63, 3.8) is 0 Å². The number of carbonyl (C=O) groups is 2. The van der Waals surface area contributed by atoms with Crippen LogP contribution in [0.25, 0.3) is 0 Å². The van der Waals surface area contributed by atoms with Crippen molar-refractivity contribution in [1.29, 1.82) is 0 Å². The Morgan fingerprint density at radius 1 is 1.45 bits per heavy atom. The standard InChI is InChI=1S/C13H14ClFN2O3/c1-7-5-17(6-9(7)12(18)19)13(20)16-11-3-2-8(15)4-10(11)14/h2-4,7,9H,5-6H2,1H3,(H,16,20)(H,18,19). The van der Waals surface area contributed by atoms with Crippen LogP contribution in [-0.4, -0.2) is 35.1 Å². The van der Waals surface area contributed by atoms with Crippen LogP contribution in [0, 0.1) is 17.7 Å². The van der Waals surface area contributed by atoms with E-state index in [0.29, 0.717) is 12.2 Å². The number of carboxylic acids is 1. The van der Waals surface area contributed by atoms with Gasteiger partial charge in [-0.05, 0) is 24.1 Å². The van der Waals surface area contributed by atoms with Crippen LogP contribution in [-0.2, 0) is 4.79 Å². The number of carbonyl (C=O) groups excluding carboxylic acids is 1. The molecule has 1 aliphatic heterocycles. The van der Waals surface area contributed by atoms with Gasteiger partial charge in [0, 0.05) is 13.1 Å². The van der Waals surface area contributed by atoms with Gasteiger partial charge in [0.2, 0.25) is 0 Å². The Morgan fingerprint density at radius 2 is 2.15 bits per heavy atom. The molecule has 0 spiro atoms. The summed E-state index contributed by atoms with van der Waals surface area (Å²) >= 11 is 5.82. The molecule has 2 N–H and O–H groups in total. The Kier molecular flexibility index (Phi) is 4.13. The van der Waals surface area contributed by atoms with Crippen LogP contribution >= 0.6 is 11.6 Å². The van der Waals surface area contributed by atoms with Crippen LogP contribution in [0.2, 0.25) is 5.02 Å². The van der Waals surface area contributed by atoms with E-state index in [9.17, 15) is 14.0 Å². The van der Waals surface area contributed by atoms with E-state index in [2.05, 4.69) is 5.32 Å². The predicted octanol–water partition coefficient (Wildman–Crippen LogP) is 2.66. The summed E-state index contributed by atoms with van der Waals surface area (Å²) in [5.41, 5.74) is 0.296. The number of nitrogens with zero attached hydrogens (tertiary/aromatic N) is 1. The van der Waals surface area contributed by atoms with E-state index in [0.717, 1.165) is 6.07 Å². The highest BCUT2D eigenvalue weighted by molar-refractivity contribution is 6.33. The van der Waals surface area contributed by atoms with Crippen molar-refractivity contribution in [3.05, 3.63) is 29.0 Å². The van der Waals surface area contributed by atoms with Crippen LogP contribution in [0.15, 0.2) is 18.2 Å². The quantitative estimate of drug-likeness (QED) is 0.882. The molecule has 1 saturated heterocycles. The van der Waals surface area contributed by atoms with Gasteiger partial charge in [0.15, 0.2) is 0 Å². The lowest BCUT2D eigenvalue weighted by Gasteiger charge is -2.17. The van der Waals surface area contributed by atoms with E-state index in [4.69, 9.17) is 16.7 Å². The monoisotopic (exact) mass is 300 g/mol. The Balaban J connectivity index is 2.04. The zero-order chi connectivity index (χ0) is 14.9. The molecule has 2 amide bonds. The fourth-order valence-corrected chi connectivity index (χ4v) is 2.45. The van der Waals surface area contributed by atoms with Crippen molar-refractivity contribution >= 4 is 29.3 Å². The minimum Gasteiger partial charge on any atom is -0.481 e. The van der Waals surface area contributed by atoms with Gasteiger partial charge < -0.3 is 15.3 Å². The van der Waals surface area contributed by atoms with Gasteiger partial charge in [0.1, 0.15) is 5.82 Å². The van der Waals surface area contributed by atoms with E-state index in [1.807, 2.05) is 0 Å². The number of rotatable bonds is 2. The van der Waals surface area contributed by atoms with E-state index in [-0.39, 0.29) is 17.5 Å². The van der Waals surface area contributed by atoms with Crippen LogP contribution in [0.3, 0.4) is 0 Å². The maximum Gasteiger partial charge on any atom is 0.321 e. The molecule has 1 heterocycles. The van der Waals surface area contributed by atoms with Gasteiger partial charge in [-0.25, -0.2) is 9.18 Å². The molecule has 108 valence electrons. The third-order valence-electron chi connectivity index (χ3n) is 3.39. The third kappa shape index (κ3) is 3.01. The minimum absolute atomic E-state index is 0.0976. The zero-order valence-corrected chi connectivity index (χ0v) is 11.5. The van der Waals surface area contributed by atoms with E-state index < -0.39 is 23.7 Å². The van der Waals surface area contributed by atoms with Gasteiger partial charge in [0.25, 0.3) is 0 Å². The van der Waals surface area contributed by atoms with Gasteiger partial charge in [0.05, 0.1) is 16.6 Å². The lowest BCUT2D eigenvalue weighted by Crippen LogP contribution is -2.33. The minimum atomic E-state index is -0.910. The average molecular weight is 301 g/mol. The Hall–Kier alpha value is -1.82. The number of benzene rings is 1. The number of carboxylic acid groups (broad SMARTS) is 1. The molecule has 0 aliphatic carbocycles. The van der Waals surface area contributed by atoms with Crippen LogP contribution in [0.4, 0.5) is 14.9 Å². The fraction of sp³-hybridized carbons (Fsp3) is 0.385. The van der Waals surface area contributed by atoms with Crippen molar-refractivity contribution in [2.24, 2.45) is 11.8 Å². The first-order valence-electron chi connectivity index (χ1n) is 6.12. The molecule has 1 fully saturated rings. The SMILES string of the molecule is CC1CN(C(=O)Nc2ccc(F)cc2Cl)CC1C(=O)O. The van der Waals surface area contributed by atoms with Gasteiger partial charge in [-0.15, -0.1) is 0 Å². The molecule has 0 radical (unpaired) electrons. The summed E-state index contributed by atoms with van der Waals surface area (Å²) in [6.07, 6.45) is 0. The normalized spacial score (nSPS) is 21.9. The zero-order valence-electron chi connectivity index (χ0n) is 10.8. The summed E-state index contributed by atoms with van der Waals surface area (Å²) in [5.74, 6) is -2.08. The molecule has 7 heteroatoms. The van der Waals surface area contributed by atoms with E-state index in [1.165, 1.54) is 17.0 Å². The second-order valence-electron chi connectivity index (χ2n) is 4.88. The molecule has 1 aromatic carbocycles. The highest BCUT2D eigenvalue weighted by Gasteiger charge is 2.37. The maximum absolute atomic E-state index is 12.9. The number of nitrogens with one attached hydrogen (secondary N) is 1. The van der Waals surface area contributed by atoms with Crippen molar-refractivity contribution in [3.8, 4) is 0 Å². The predicted molar refractivity (Wildman–Crippen MR) is 72.3 cm³/mol. The molecule has 0 saturated carbocycles. The first-order chi connectivity index (χ1) is 9.38. The summed E-state index contributed by atoms with van der Waals surface area (Å²) in [5, 5.41) is 11.7. The number of halogens is 2. The van der Waals surface area contributed by atoms with Gasteiger partial charge >= 0.3 is 12.0 Å². The second kappa shape index (κ2) is 5.66. The number of urea groups is 1. The van der Waals surface area contributed by atoms with Crippen molar-refractivity contribution in [2.45, 2.75) is 6.92 Å². The van der Waals surface area contributed by atoms with Crippen molar-refractivity contribution < 1.29 is 19.1 Å². The Morgan fingerprint density at radius 3 is 2.70 bits per heavy atom. The molecule has 2 atom stereocenters. The Bertz CT molecular complexity index is 552. The number of likely N-dealkylation sites (tertiary alicyclic amines) is 1. The van der Waals surface area contributed by atoms with Crippen LogP contribution in [0.1, 0.15) is 6.92 Å². The summed E-state index contributed by atoms with van der Waals surface area (Å²) in [4.78, 5) is 24.5. The summed E-state index contributed by atoms with van der Waals surface area (Å²) in [6, 6.07) is 3.22. The number of aliphatic carboxylic acids is 1. The molecule has 20 heavy (non-hydrogen) atoms. The molecule has 0 bridgehead atoms. The van der Waals surface area contributed by atoms with E-state index in [1.54, 1.807) is 6.92 Å². The summed E-state index contributed by atoms with van der Waals surface area (Å²) in [7, 11) is 0. The Labute approximate surface area is 120 Å². The number of amides is 2. The highest BCUT2D eigenvalue weighted by Crippen LogP contribution is 2.26. The first-order valence-corrected chi connectivity index (χ1v) is 6.50.